The molecule has 4 N–H and O–H groups in total. The number of thiazole rings is 1. The Bertz CT molecular complexity index is 1340. The van der Waals surface area contributed by atoms with Gasteiger partial charge < -0.3 is 30.9 Å². The van der Waals surface area contributed by atoms with Crippen LogP contribution >= 0.6 is 47.9 Å². The van der Waals surface area contributed by atoms with Gasteiger partial charge in [-0.3, -0.25) is 14.5 Å². The van der Waals surface area contributed by atoms with Crippen molar-refractivity contribution in [2.75, 3.05) is 11.5 Å². The standard InChI is InChI=1S/C22H22N6O7S2.2ClH/c1-22(2,20(33)34)35-26-13(12-10-37-21(23)24-12)16(29)25-14-17(30)28-15(19(31)32)11(9-36-18(14)28)8-27-6-4-3-5-7-27;;/h3-7,10,14,18H,8-9H2,1-2H3,(H4-,23,24,25,29,31,32,33,34);2*1H/b26-13+;;/t14-,18-;;/m1../s1. The summed E-state index contributed by atoms with van der Waals surface area (Å²) < 4.78 is 1.78. The molecule has 0 saturated carbocycles. The maximum absolute atomic E-state index is 13.1. The summed E-state index contributed by atoms with van der Waals surface area (Å²) in [5.41, 5.74) is 3.83. The number of β-lactam (4-membered cyclic amide) rings is 1. The smallest absolute Gasteiger partial charge is 0.350 e. The minimum Gasteiger partial charge on any atom is -0.543 e. The second-order valence-electron chi connectivity index (χ2n) is 8.57. The number of oxime groups is 1. The van der Waals surface area contributed by atoms with Gasteiger partial charge in [0.05, 0.1) is 11.7 Å². The first-order chi connectivity index (χ1) is 17.5. The van der Waals surface area contributed by atoms with Crippen LogP contribution in [0.4, 0.5) is 5.13 Å². The number of halogens is 2. The Morgan fingerprint density at radius 1 is 1.31 bits per heavy atom. The van der Waals surface area contributed by atoms with Gasteiger partial charge in [-0.05, 0) is 13.8 Å². The van der Waals surface area contributed by atoms with Crippen LogP contribution in [-0.4, -0.2) is 67.2 Å². The van der Waals surface area contributed by atoms with Crippen molar-refractivity contribution < 1.29 is 38.8 Å². The topological polar surface area (TPSA) is 191 Å². The Labute approximate surface area is 242 Å². The average molecular weight is 620 g/mol. The lowest BCUT2D eigenvalue weighted by Gasteiger charge is -2.50. The molecule has 0 spiro atoms. The quantitative estimate of drug-likeness (QED) is 0.143. The summed E-state index contributed by atoms with van der Waals surface area (Å²) >= 11 is 2.32. The van der Waals surface area contributed by atoms with Crippen molar-refractivity contribution in [3.63, 3.8) is 0 Å². The van der Waals surface area contributed by atoms with Crippen molar-refractivity contribution >= 4 is 82.5 Å². The highest BCUT2D eigenvalue weighted by atomic mass is 35.5. The number of carbonyl (C=O) groups excluding carboxylic acids is 3. The lowest BCUT2D eigenvalue weighted by molar-refractivity contribution is -0.689. The summed E-state index contributed by atoms with van der Waals surface area (Å²) in [7, 11) is 0. The maximum Gasteiger partial charge on any atom is 0.350 e. The van der Waals surface area contributed by atoms with Crippen LogP contribution in [0.2, 0.25) is 0 Å². The molecule has 2 aromatic heterocycles. The zero-order chi connectivity index (χ0) is 26.9. The van der Waals surface area contributed by atoms with Gasteiger partial charge in [-0.2, -0.15) is 0 Å². The summed E-state index contributed by atoms with van der Waals surface area (Å²) in [6.45, 7) is 2.74. The van der Waals surface area contributed by atoms with Crippen LogP contribution in [0.1, 0.15) is 19.5 Å². The van der Waals surface area contributed by atoms with Crippen LogP contribution in [0.5, 0.6) is 0 Å². The van der Waals surface area contributed by atoms with Crippen molar-refractivity contribution in [1.29, 1.82) is 0 Å². The Morgan fingerprint density at radius 3 is 2.54 bits per heavy atom. The number of anilines is 1. The number of carbonyl (C=O) groups is 4. The first-order valence-corrected chi connectivity index (χ1v) is 12.8. The van der Waals surface area contributed by atoms with E-state index in [0.29, 0.717) is 11.3 Å². The summed E-state index contributed by atoms with van der Waals surface area (Å²) in [5, 5.41) is 28.4. The van der Waals surface area contributed by atoms with Crippen LogP contribution in [-0.2, 0) is 30.6 Å². The number of fused-ring (bicyclic) bond motifs is 1. The largest absolute Gasteiger partial charge is 0.543 e. The molecule has 210 valence electrons. The summed E-state index contributed by atoms with van der Waals surface area (Å²) in [6, 6.07) is 4.36. The van der Waals surface area contributed by atoms with Crippen molar-refractivity contribution in [1.82, 2.24) is 15.2 Å². The molecule has 17 heteroatoms. The third-order valence-corrected chi connectivity index (χ3v) is 7.55. The van der Waals surface area contributed by atoms with Crippen molar-refractivity contribution in [3.05, 3.63) is 52.9 Å². The molecule has 0 unspecified atom stereocenters. The van der Waals surface area contributed by atoms with E-state index in [1.54, 1.807) is 29.1 Å². The zero-order valence-electron chi connectivity index (χ0n) is 20.4. The molecule has 1 saturated heterocycles. The van der Waals surface area contributed by atoms with Gasteiger partial charge in [-0.25, -0.2) is 14.3 Å². The number of hydrogen-bond donors (Lipinski definition) is 3. The van der Waals surface area contributed by atoms with Gasteiger partial charge in [0, 0.05) is 28.8 Å². The molecule has 39 heavy (non-hydrogen) atoms. The lowest BCUT2D eigenvalue weighted by Crippen LogP contribution is -2.71. The van der Waals surface area contributed by atoms with E-state index >= 15 is 0 Å². The van der Waals surface area contributed by atoms with E-state index in [2.05, 4.69) is 15.5 Å². The summed E-state index contributed by atoms with van der Waals surface area (Å²) in [5.74, 6) is -4.01. The minimum absolute atomic E-state index is 0. The number of aromatic nitrogens is 2. The molecule has 0 aliphatic carbocycles. The summed E-state index contributed by atoms with van der Waals surface area (Å²) in [4.78, 5) is 59.6. The molecule has 2 amide bonds. The number of carboxylic acids is 2. The minimum atomic E-state index is -1.75. The first kappa shape index (κ1) is 31.8. The van der Waals surface area contributed by atoms with E-state index < -0.39 is 40.8 Å². The number of rotatable bonds is 9. The van der Waals surface area contributed by atoms with E-state index in [4.69, 9.17) is 10.6 Å². The predicted octanol–water partition coefficient (Wildman–Crippen LogP) is -0.456. The second-order valence-corrected chi connectivity index (χ2v) is 10.6. The van der Waals surface area contributed by atoms with E-state index in [9.17, 15) is 29.4 Å². The predicted molar refractivity (Wildman–Crippen MR) is 144 cm³/mol. The molecule has 2 aliphatic heterocycles. The molecule has 0 radical (unpaired) electrons. The Balaban J connectivity index is 0.00000267. The molecule has 13 nitrogen and oxygen atoms in total. The monoisotopic (exact) mass is 618 g/mol. The Hall–Kier alpha value is -3.40. The molecule has 2 aromatic rings. The molecule has 2 aliphatic rings. The number of nitrogens with zero attached hydrogens (tertiary/aromatic N) is 4. The summed E-state index contributed by atoms with van der Waals surface area (Å²) in [6.07, 6.45) is 3.55. The fourth-order valence-corrected chi connectivity index (χ4v) is 5.45. The third kappa shape index (κ3) is 6.61. The number of nitrogens with two attached hydrogens (primary N) is 1. The highest BCUT2D eigenvalue weighted by Crippen LogP contribution is 2.40. The normalized spacial score (nSPS) is 18.7. The van der Waals surface area contributed by atoms with Crippen LogP contribution in [0.25, 0.3) is 0 Å². The molecular weight excluding hydrogens is 595 g/mol. The van der Waals surface area contributed by atoms with Gasteiger partial charge >= 0.3 is 5.97 Å². The first-order valence-electron chi connectivity index (χ1n) is 10.8. The molecule has 4 rings (SSSR count). The van der Waals surface area contributed by atoms with E-state index in [0.717, 1.165) is 16.2 Å². The van der Waals surface area contributed by atoms with Crippen LogP contribution in [0.3, 0.4) is 0 Å². The molecule has 0 aromatic carbocycles. The molecule has 4 heterocycles. The van der Waals surface area contributed by atoms with E-state index in [1.807, 2.05) is 6.07 Å². The fraction of sp³-hybridized carbons (Fsp3) is 0.318. The number of nitrogens with one attached hydrogen (secondary N) is 1. The number of aliphatic carboxylic acids is 2. The third-order valence-electron chi connectivity index (χ3n) is 5.54. The van der Waals surface area contributed by atoms with Crippen LogP contribution < -0.4 is 20.7 Å². The number of amides is 2. The van der Waals surface area contributed by atoms with Gasteiger partial charge in [0.15, 0.2) is 29.8 Å². The van der Waals surface area contributed by atoms with Crippen molar-refractivity contribution in [2.45, 2.75) is 37.4 Å². The van der Waals surface area contributed by atoms with E-state index in [-0.39, 0.29) is 53.6 Å². The average Bonchev–Trinajstić information content (AvgIpc) is 3.28. The number of carboxylic acid groups (broad SMARTS) is 2. The maximum atomic E-state index is 13.1. The molecule has 2 atom stereocenters. The lowest BCUT2D eigenvalue weighted by atomic mass is 10.0. The highest BCUT2D eigenvalue weighted by Gasteiger charge is 2.53. The Morgan fingerprint density at radius 2 is 1.97 bits per heavy atom. The van der Waals surface area contributed by atoms with Crippen LogP contribution in [0, 0.1) is 0 Å². The van der Waals surface area contributed by atoms with Gasteiger partial charge in [0.1, 0.15) is 17.1 Å². The van der Waals surface area contributed by atoms with Crippen LogP contribution in [0.15, 0.2) is 52.4 Å². The molecule has 1 fully saturated rings. The molecular formula is C22H24Cl2N6O7S2. The van der Waals surface area contributed by atoms with Crippen molar-refractivity contribution in [2.24, 2.45) is 5.16 Å². The van der Waals surface area contributed by atoms with Gasteiger partial charge in [-0.1, -0.05) is 11.2 Å². The number of hydrogen-bond acceptors (Lipinski definition) is 11. The zero-order valence-corrected chi connectivity index (χ0v) is 23.7. The molecule has 0 bridgehead atoms. The fourth-order valence-electron chi connectivity index (χ4n) is 3.56. The number of thioether (sulfide) groups is 1. The Kier molecular flexibility index (Phi) is 10.3. The number of nitrogen functional groups attached to an aromatic ring is 1. The SMILES string of the molecule is CC(C)(O/N=C(/C(=O)N[C@@H]1C(=O)N2C(C(=O)[O-])=C(C[n+]3ccccc3)CS[C@H]12)c1csc(N)n1)C(=O)O.Cl.Cl. The van der Waals surface area contributed by atoms with Gasteiger partial charge in [0.2, 0.25) is 5.60 Å². The van der Waals surface area contributed by atoms with Crippen molar-refractivity contribution in [3.8, 4) is 0 Å². The van der Waals surface area contributed by atoms with Gasteiger partial charge in [0.25, 0.3) is 11.8 Å². The number of pyridine rings is 1. The van der Waals surface area contributed by atoms with E-state index in [1.165, 1.54) is 31.0 Å². The second kappa shape index (κ2) is 12.6. The highest BCUT2D eigenvalue weighted by molar-refractivity contribution is 8.00. The van der Waals surface area contributed by atoms with Gasteiger partial charge in [-0.15, -0.1) is 47.9 Å².